The van der Waals surface area contributed by atoms with Crippen LogP contribution < -0.4 is 16.4 Å². The molecule has 0 aliphatic carbocycles. The van der Waals surface area contributed by atoms with E-state index in [1.165, 1.54) is 11.1 Å². The van der Waals surface area contributed by atoms with E-state index < -0.39 is 0 Å². The maximum Gasteiger partial charge on any atom is 0.222 e. The highest BCUT2D eigenvalue weighted by Crippen LogP contribution is 2.23. The van der Waals surface area contributed by atoms with Gasteiger partial charge in [-0.2, -0.15) is 4.98 Å². The second-order valence-electron chi connectivity index (χ2n) is 6.11. The summed E-state index contributed by atoms with van der Waals surface area (Å²) in [4.78, 5) is 19.7. The van der Waals surface area contributed by atoms with Crippen molar-refractivity contribution >= 4 is 18.1 Å². The number of allylic oxidation sites excluding steroid dienone is 2. The smallest absolute Gasteiger partial charge is 0.222 e. The number of nitrogens with one attached hydrogen (secondary N) is 2. The third-order valence-electron chi connectivity index (χ3n) is 3.95. The van der Waals surface area contributed by atoms with Crippen LogP contribution in [0.2, 0.25) is 0 Å². The van der Waals surface area contributed by atoms with Crippen molar-refractivity contribution in [3.8, 4) is 11.3 Å². The molecule has 25 heavy (non-hydrogen) atoms. The Morgan fingerprint density at radius 2 is 1.96 bits per heavy atom. The number of aldehydes is 1. The topological polar surface area (TPSA) is 92.9 Å². The van der Waals surface area contributed by atoms with Crippen molar-refractivity contribution in [1.29, 1.82) is 0 Å². The molecule has 0 radical (unpaired) electrons. The fourth-order valence-electron chi connectivity index (χ4n) is 2.86. The van der Waals surface area contributed by atoms with Crippen molar-refractivity contribution in [1.82, 2.24) is 15.3 Å². The summed E-state index contributed by atoms with van der Waals surface area (Å²) in [5.41, 5.74) is 10.9. The van der Waals surface area contributed by atoms with E-state index in [1.807, 2.05) is 18.2 Å². The lowest BCUT2D eigenvalue weighted by Crippen LogP contribution is -2.33. The minimum Gasteiger partial charge on any atom is -0.378 e. The highest BCUT2D eigenvalue weighted by molar-refractivity contribution is 5.67. The van der Waals surface area contributed by atoms with E-state index in [2.05, 4.69) is 52.6 Å². The summed E-state index contributed by atoms with van der Waals surface area (Å²) in [6, 6.07) is 7.80. The first kappa shape index (κ1) is 16.7. The maximum absolute atomic E-state index is 11.1. The number of dihydropyridines is 1. The summed E-state index contributed by atoms with van der Waals surface area (Å²) in [7, 11) is 0. The minimum atomic E-state index is -0.324. The number of anilines is 2. The van der Waals surface area contributed by atoms with Crippen LogP contribution in [0.1, 0.15) is 11.1 Å². The Hall–Kier alpha value is -3.15. The fourth-order valence-corrected chi connectivity index (χ4v) is 2.86. The van der Waals surface area contributed by atoms with Crippen molar-refractivity contribution in [3.63, 3.8) is 0 Å². The third kappa shape index (κ3) is 4.03. The van der Waals surface area contributed by atoms with Crippen molar-refractivity contribution < 1.29 is 4.79 Å². The van der Waals surface area contributed by atoms with Crippen molar-refractivity contribution in [2.75, 3.05) is 17.6 Å². The Balaban J connectivity index is 1.83. The number of nitrogens with zero attached hydrogens (tertiary/aromatic N) is 2. The number of hydrogen-bond acceptors (Lipinski definition) is 6. The zero-order valence-corrected chi connectivity index (χ0v) is 14.3. The van der Waals surface area contributed by atoms with Gasteiger partial charge in [-0.1, -0.05) is 23.3 Å². The largest absolute Gasteiger partial charge is 0.378 e. The normalized spacial score (nSPS) is 16.1. The quantitative estimate of drug-likeness (QED) is 0.727. The maximum atomic E-state index is 11.1. The third-order valence-corrected chi connectivity index (χ3v) is 3.95. The molecule has 2 aromatic rings. The summed E-state index contributed by atoms with van der Waals surface area (Å²) in [5, 5.41) is 6.23. The van der Waals surface area contributed by atoms with Crippen LogP contribution in [0.15, 0.2) is 48.2 Å². The number of hydrogen-bond donors (Lipinski definition) is 3. The van der Waals surface area contributed by atoms with Gasteiger partial charge < -0.3 is 21.2 Å². The fraction of sp³-hybridized carbons (Fsp3) is 0.211. The predicted molar refractivity (Wildman–Crippen MR) is 100 cm³/mol. The molecular weight excluding hydrogens is 314 g/mol. The van der Waals surface area contributed by atoms with Gasteiger partial charge in [-0.3, -0.25) is 0 Å². The summed E-state index contributed by atoms with van der Waals surface area (Å²) >= 11 is 0. The van der Waals surface area contributed by atoms with Crippen LogP contribution in [0.25, 0.3) is 11.3 Å². The molecule has 2 heterocycles. The van der Waals surface area contributed by atoms with Gasteiger partial charge in [0.25, 0.3) is 0 Å². The van der Waals surface area contributed by atoms with Crippen LogP contribution in [0.3, 0.4) is 0 Å². The van der Waals surface area contributed by atoms with Gasteiger partial charge in [0.1, 0.15) is 18.1 Å². The lowest BCUT2D eigenvalue weighted by molar-refractivity contribution is -0.108. The van der Waals surface area contributed by atoms with E-state index in [0.29, 0.717) is 12.4 Å². The number of rotatable bonds is 5. The molecule has 1 unspecified atom stereocenters. The van der Waals surface area contributed by atoms with Gasteiger partial charge in [-0.15, -0.1) is 0 Å². The molecule has 128 valence electrons. The molecule has 6 nitrogen and oxygen atoms in total. The standard InChI is InChI=1S/C19H21N5O/c1-12-6-13(2)8-15(7-12)16-9-18(24-19(20)23-16)22-10-14-4-3-5-21-17(14)11-25/h3-9,11,17,21H,10H2,1-2H3,(H3,20,22,23,24). The molecule has 1 atom stereocenters. The van der Waals surface area contributed by atoms with Gasteiger partial charge in [0.2, 0.25) is 5.95 Å². The zero-order valence-electron chi connectivity index (χ0n) is 14.3. The van der Waals surface area contributed by atoms with Crippen molar-refractivity contribution in [3.05, 3.63) is 59.3 Å². The van der Waals surface area contributed by atoms with Crippen LogP contribution in [0, 0.1) is 13.8 Å². The summed E-state index contributed by atoms with van der Waals surface area (Å²) in [6.07, 6.45) is 6.42. The molecular formula is C19H21N5O. The van der Waals surface area contributed by atoms with E-state index >= 15 is 0 Å². The molecule has 0 saturated heterocycles. The van der Waals surface area contributed by atoms with Crippen molar-refractivity contribution in [2.45, 2.75) is 19.9 Å². The predicted octanol–water partition coefficient (Wildman–Crippen LogP) is 2.37. The number of aryl methyl sites for hydroxylation is 2. The van der Waals surface area contributed by atoms with Gasteiger partial charge in [0.05, 0.1) is 5.69 Å². The van der Waals surface area contributed by atoms with E-state index in [9.17, 15) is 4.79 Å². The van der Waals surface area contributed by atoms with Crippen LogP contribution in [-0.2, 0) is 4.79 Å². The molecule has 0 saturated carbocycles. The molecule has 0 bridgehead atoms. The van der Waals surface area contributed by atoms with Crippen LogP contribution >= 0.6 is 0 Å². The van der Waals surface area contributed by atoms with E-state index in [0.717, 1.165) is 23.1 Å². The lowest BCUT2D eigenvalue weighted by Gasteiger charge is -2.19. The Bertz CT molecular complexity index is 837. The number of nitrogens with two attached hydrogens (primary N) is 1. The molecule has 4 N–H and O–H groups in total. The SMILES string of the molecule is Cc1cc(C)cc(-c2cc(NCC3=CC=CNC3C=O)nc(N)n2)c1. The monoisotopic (exact) mass is 335 g/mol. The first-order valence-electron chi connectivity index (χ1n) is 8.09. The number of carbonyl (C=O) groups is 1. The summed E-state index contributed by atoms with van der Waals surface area (Å²) < 4.78 is 0. The van der Waals surface area contributed by atoms with E-state index in [1.54, 1.807) is 6.20 Å². The molecule has 6 heteroatoms. The average molecular weight is 335 g/mol. The van der Waals surface area contributed by atoms with Crippen LogP contribution in [0.5, 0.6) is 0 Å². The Labute approximate surface area is 146 Å². The number of nitrogen functional groups attached to an aromatic ring is 1. The Morgan fingerprint density at radius 1 is 1.20 bits per heavy atom. The number of carbonyl (C=O) groups excluding carboxylic acids is 1. The summed E-state index contributed by atoms with van der Waals surface area (Å²) in [6.45, 7) is 4.59. The molecule has 0 fully saturated rings. The van der Waals surface area contributed by atoms with E-state index in [-0.39, 0.29) is 12.0 Å². The second kappa shape index (κ2) is 7.17. The van der Waals surface area contributed by atoms with Gasteiger partial charge in [0.15, 0.2) is 0 Å². The van der Waals surface area contributed by atoms with Gasteiger partial charge >= 0.3 is 0 Å². The molecule has 1 aromatic heterocycles. The average Bonchev–Trinajstić information content (AvgIpc) is 2.59. The first-order valence-corrected chi connectivity index (χ1v) is 8.09. The first-order chi connectivity index (χ1) is 12.0. The van der Waals surface area contributed by atoms with E-state index in [4.69, 9.17) is 5.73 Å². The lowest BCUT2D eigenvalue weighted by atomic mass is 10.0. The molecule has 1 aliphatic heterocycles. The van der Waals surface area contributed by atoms with Gasteiger partial charge in [-0.05, 0) is 43.8 Å². The molecule has 0 amide bonds. The van der Waals surface area contributed by atoms with Gasteiger partial charge in [0, 0.05) is 18.2 Å². The van der Waals surface area contributed by atoms with Crippen LogP contribution in [0.4, 0.5) is 11.8 Å². The van der Waals surface area contributed by atoms with Crippen LogP contribution in [-0.4, -0.2) is 28.8 Å². The zero-order chi connectivity index (χ0) is 17.8. The van der Waals surface area contributed by atoms with Crippen molar-refractivity contribution in [2.24, 2.45) is 0 Å². The minimum absolute atomic E-state index is 0.210. The summed E-state index contributed by atoms with van der Waals surface area (Å²) in [5.74, 6) is 0.837. The molecule has 0 spiro atoms. The molecule has 1 aliphatic rings. The highest BCUT2D eigenvalue weighted by Gasteiger charge is 2.14. The highest BCUT2D eigenvalue weighted by atomic mass is 16.1. The van der Waals surface area contributed by atoms with Gasteiger partial charge in [-0.25, -0.2) is 4.98 Å². The number of benzene rings is 1. The Morgan fingerprint density at radius 3 is 2.68 bits per heavy atom. The Kier molecular flexibility index (Phi) is 4.79. The molecule has 3 rings (SSSR count). The second-order valence-corrected chi connectivity index (χ2v) is 6.11. The molecule has 1 aromatic carbocycles. The number of aromatic nitrogens is 2.